The lowest BCUT2D eigenvalue weighted by Crippen LogP contribution is -2.31. The van der Waals surface area contributed by atoms with E-state index in [2.05, 4.69) is 11.4 Å². The summed E-state index contributed by atoms with van der Waals surface area (Å²) in [6.07, 6.45) is 1.30. The van der Waals surface area contributed by atoms with Gasteiger partial charge in [-0.05, 0) is 29.9 Å². The number of aliphatic hydroxyl groups is 1. The highest BCUT2D eigenvalue weighted by Gasteiger charge is 2.20. The first kappa shape index (κ1) is 14.8. The number of nitrogens with one attached hydrogen (secondary N) is 1. The quantitative estimate of drug-likeness (QED) is 0.770. The minimum absolute atomic E-state index is 0.0260. The maximum atomic E-state index is 12.4. The fourth-order valence-corrected chi connectivity index (χ4v) is 2.84. The van der Waals surface area contributed by atoms with E-state index in [1.165, 1.54) is 4.88 Å². The Kier molecular flexibility index (Phi) is 5.77. The van der Waals surface area contributed by atoms with Crippen molar-refractivity contribution in [1.29, 1.82) is 0 Å². The second-order valence-corrected chi connectivity index (χ2v) is 5.65. The topological polar surface area (TPSA) is 49.3 Å². The molecule has 0 radical (unpaired) electrons. The van der Waals surface area contributed by atoms with Crippen LogP contribution in [0.2, 0.25) is 0 Å². The van der Waals surface area contributed by atoms with Gasteiger partial charge < -0.3 is 10.4 Å². The van der Waals surface area contributed by atoms with Crippen molar-refractivity contribution in [3.8, 4) is 0 Å². The van der Waals surface area contributed by atoms with Crippen molar-refractivity contribution in [1.82, 2.24) is 5.32 Å². The van der Waals surface area contributed by atoms with Crippen LogP contribution in [-0.4, -0.2) is 24.2 Å². The highest BCUT2D eigenvalue weighted by atomic mass is 32.1. The molecule has 4 heteroatoms. The lowest BCUT2D eigenvalue weighted by molar-refractivity contribution is -0.122. The van der Waals surface area contributed by atoms with Crippen LogP contribution in [0.15, 0.2) is 47.8 Å². The molecule has 1 atom stereocenters. The molecule has 1 aromatic heterocycles. The molecule has 1 unspecified atom stereocenters. The van der Waals surface area contributed by atoms with Crippen molar-refractivity contribution < 1.29 is 9.90 Å². The van der Waals surface area contributed by atoms with E-state index in [0.29, 0.717) is 19.4 Å². The van der Waals surface area contributed by atoms with Crippen LogP contribution in [0.5, 0.6) is 0 Å². The summed E-state index contributed by atoms with van der Waals surface area (Å²) >= 11 is 1.67. The van der Waals surface area contributed by atoms with E-state index in [4.69, 9.17) is 5.11 Å². The Hall–Kier alpha value is -1.65. The zero-order chi connectivity index (χ0) is 14.2. The zero-order valence-corrected chi connectivity index (χ0v) is 12.1. The molecule has 0 saturated heterocycles. The Bertz CT molecular complexity index is 511. The van der Waals surface area contributed by atoms with E-state index >= 15 is 0 Å². The van der Waals surface area contributed by atoms with Crippen molar-refractivity contribution in [2.75, 3.05) is 13.2 Å². The molecular formula is C16H19NO2S. The number of carbonyl (C=O) groups is 1. The number of thiophene rings is 1. The van der Waals surface area contributed by atoms with Gasteiger partial charge in [-0.2, -0.15) is 0 Å². The summed E-state index contributed by atoms with van der Waals surface area (Å²) in [6.45, 7) is 0.615. The maximum absolute atomic E-state index is 12.4. The lowest BCUT2D eigenvalue weighted by Gasteiger charge is -2.16. The van der Waals surface area contributed by atoms with Crippen molar-refractivity contribution >= 4 is 17.2 Å². The minimum Gasteiger partial charge on any atom is -0.396 e. The molecule has 1 amide bonds. The molecule has 0 spiro atoms. The standard InChI is InChI=1S/C16H19NO2S/c18-10-5-9-17-16(19)15(12-14-8-4-11-20-14)13-6-2-1-3-7-13/h1-4,6-8,11,15,18H,5,9-10,12H2,(H,17,19). The lowest BCUT2D eigenvalue weighted by atomic mass is 9.94. The second-order valence-electron chi connectivity index (χ2n) is 4.61. The van der Waals surface area contributed by atoms with Gasteiger partial charge in [-0.1, -0.05) is 36.4 Å². The average molecular weight is 289 g/mol. The molecular weight excluding hydrogens is 270 g/mol. The van der Waals surface area contributed by atoms with Crippen LogP contribution in [0.25, 0.3) is 0 Å². The first-order chi connectivity index (χ1) is 9.81. The van der Waals surface area contributed by atoms with Gasteiger partial charge in [0.2, 0.25) is 5.91 Å². The highest BCUT2D eigenvalue weighted by molar-refractivity contribution is 7.09. The predicted molar refractivity (Wildman–Crippen MR) is 81.9 cm³/mol. The smallest absolute Gasteiger partial charge is 0.227 e. The van der Waals surface area contributed by atoms with E-state index in [1.807, 2.05) is 41.8 Å². The van der Waals surface area contributed by atoms with Gasteiger partial charge in [0.1, 0.15) is 0 Å². The van der Waals surface area contributed by atoms with E-state index in [0.717, 1.165) is 5.56 Å². The van der Waals surface area contributed by atoms with Gasteiger partial charge in [-0.25, -0.2) is 0 Å². The largest absolute Gasteiger partial charge is 0.396 e. The fraction of sp³-hybridized carbons (Fsp3) is 0.312. The molecule has 0 bridgehead atoms. The summed E-state index contributed by atoms with van der Waals surface area (Å²) in [5.74, 6) is -0.147. The molecule has 0 aliphatic rings. The number of amides is 1. The molecule has 0 fully saturated rings. The summed E-state index contributed by atoms with van der Waals surface area (Å²) in [5, 5.41) is 13.7. The Morgan fingerprint density at radius 3 is 2.65 bits per heavy atom. The van der Waals surface area contributed by atoms with Crippen LogP contribution >= 0.6 is 11.3 Å². The number of carbonyl (C=O) groups excluding carboxylic acids is 1. The SMILES string of the molecule is O=C(NCCCO)C(Cc1cccs1)c1ccccc1. The summed E-state index contributed by atoms with van der Waals surface area (Å²) in [7, 11) is 0. The Morgan fingerprint density at radius 2 is 2.00 bits per heavy atom. The van der Waals surface area contributed by atoms with Gasteiger partial charge >= 0.3 is 0 Å². The summed E-state index contributed by atoms with van der Waals surface area (Å²) in [5.41, 5.74) is 1.03. The molecule has 2 N–H and O–H groups in total. The van der Waals surface area contributed by atoms with Crippen molar-refractivity contribution in [2.45, 2.75) is 18.8 Å². The first-order valence-electron chi connectivity index (χ1n) is 6.77. The van der Waals surface area contributed by atoms with Crippen molar-refractivity contribution in [3.63, 3.8) is 0 Å². The third-order valence-electron chi connectivity index (χ3n) is 3.14. The summed E-state index contributed by atoms with van der Waals surface area (Å²) in [4.78, 5) is 13.6. The van der Waals surface area contributed by atoms with E-state index in [-0.39, 0.29) is 18.4 Å². The average Bonchev–Trinajstić information content (AvgIpc) is 2.99. The third-order valence-corrected chi connectivity index (χ3v) is 4.04. The number of benzene rings is 1. The summed E-state index contributed by atoms with van der Waals surface area (Å²) in [6, 6.07) is 13.9. The molecule has 0 aliphatic heterocycles. The molecule has 106 valence electrons. The maximum Gasteiger partial charge on any atom is 0.227 e. The van der Waals surface area contributed by atoms with E-state index < -0.39 is 0 Å². The second kappa shape index (κ2) is 7.82. The van der Waals surface area contributed by atoms with Crippen LogP contribution in [0.1, 0.15) is 22.8 Å². The van der Waals surface area contributed by atoms with Gasteiger partial charge in [-0.3, -0.25) is 4.79 Å². The van der Waals surface area contributed by atoms with Gasteiger partial charge in [0, 0.05) is 18.0 Å². The molecule has 0 saturated carbocycles. The van der Waals surface area contributed by atoms with Gasteiger partial charge in [0.15, 0.2) is 0 Å². The number of rotatable bonds is 7. The van der Waals surface area contributed by atoms with Crippen molar-refractivity contribution in [3.05, 3.63) is 58.3 Å². The van der Waals surface area contributed by atoms with Gasteiger partial charge in [0.25, 0.3) is 0 Å². The predicted octanol–water partition coefficient (Wildman–Crippen LogP) is 2.57. The fourth-order valence-electron chi connectivity index (χ4n) is 2.09. The Balaban J connectivity index is 2.09. The first-order valence-corrected chi connectivity index (χ1v) is 7.65. The zero-order valence-electron chi connectivity index (χ0n) is 11.3. The van der Waals surface area contributed by atoms with E-state index in [9.17, 15) is 4.79 Å². The number of hydrogen-bond donors (Lipinski definition) is 2. The van der Waals surface area contributed by atoms with Gasteiger partial charge in [-0.15, -0.1) is 11.3 Å². The summed E-state index contributed by atoms with van der Waals surface area (Å²) < 4.78 is 0. The van der Waals surface area contributed by atoms with Crippen LogP contribution in [0, 0.1) is 0 Å². The van der Waals surface area contributed by atoms with Crippen LogP contribution in [0.3, 0.4) is 0 Å². The highest BCUT2D eigenvalue weighted by Crippen LogP contribution is 2.23. The van der Waals surface area contributed by atoms with Gasteiger partial charge in [0.05, 0.1) is 5.92 Å². The number of aliphatic hydroxyl groups excluding tert-OH is 1. The molecule has 2 aromatic rings. The van der Waals surface area contributed by atoms with Crippen LogP contribution in [0.4, 0.5) is 0 Å². The molecule has 3 nitrogen and oxygen atoms in total. The number of hydrogen-bond acceptors (Lipinski definition) is 3. The Labute approximate surface area is 123 Å². The molecule has 1 aromatic carbocycles. The van der Waals surface area contributed by atoms with Crippen molar-refractivity contribution in [2.24, 2.45) is 0 Å². The van der Waals surface area contributed by atoms with Crippen LogP contribution in [-0.2, 0) is 11.2 Å². The monoisotopic (exact) mass is 289 g/mol. The van der Waals surface area contributed by atoms with E-state index in [1.54, 1.807) is 11.3 Å². The third kappa shape index (κ3) is 4.18. The molecule has 2 rings (SSSR count). The minimum atomic E-state index is -0.173. The Morgan fingerprint density at radius 1 is 1.20 bits per heavy atom. The normalized spacial score (nSPS) is 12.1. The van der Waals surface area contributed by atoms with Crippen LogP contribution < -0.4 is 5.32 Å². The molecule has 0 aliphatic carbocycles. The molecule has 20 heavy (non-hydrogen) atoms. The molecule has 1 heterocycles.